The highest BCUT2D eigenvalue weighted by Crippen LogP contribution is 2.15. The van der Waals surface area contributed by atoms with Crippen LogP contribution in [0.4, 0.5) is 8.78 Å². The van der Waals surface area contributed by atoms with Gasteiger partial charge in [0.25, 0.3) is 0 Å². The van der Waals surface area contributed by atoms with E-state index in [-0.39, 0.29) is 5.56 Å². The minimum Gasteiger partial charge on any atom is -0.547 e. The number of aliphatic hydroxyl groups excluding tert-OH is 1. The third kappa shape index (κ3) is 2.22. The first kappa shape index (κ1) is 9.60. The number of hydrogen-bond acceptors (Lipinski definition) is 3. The van der Waals surface area contributed by atoms with Crippen LogP contribution in [0.1, 0.15) is 11.7 Å². The summed E-state index contributed by atoms with van der Waals surface area (Å²) in [7, 11) is 0. The van der Waals surface area contributed by atoms with Gasteiger partial charge in [-0.05, 0) is 17.7 Å². The summed E-state index contributed by atoms with van der Waals surface area (Å²) in [5.74, 6) is -3.70. The second-order valence-corrected chi connectivity index (χ2v) is 2.42. The van der Waals surface area contributed by atoms with Crippen molar-refractivity contribution in [2.45, 2.75) is 6.10 Å². The quantitative estimate of drug-likeness (QED) is 0.694. The molecule has 1 aromatic carbocycles. The summed E-state index contributed by atoms with van der Waals surface area (Å²) in [6, 6.07) is 2.03. The van der Waals surface area contributed by atoms with Gasteiger partial charge in [-0.3, -0.25) is 0 Å². The van der Waals surface area contributed by atoms with Crippen molar-refractivity contribution in [1.82, 2.24) is 0 Å². The molecule has 5 heteroatoms. The molecule has 1 atom stereocenters. The van der Waals surface area contributed by atoms with Gasteiger partial charge in [0.2, 0.25) is 0 Å². The van der Waals surface area contributed by atoms with Crippen LogP contribution in [0.3, 0.4) is 0 Å². The van der Waals surface area contributed by atoms with Crippen molar-refractivity contribution in [3.63, 3.8) is 0 Å². The van der Waals surface area contributed by atoms with Gasteiger partial charge in [-0.15, -0.1) is 0 Å². The maximum Gasteiger partial charge on any atom is 0.126 e. The maximum absolute atomic E-state index is 12.5. The van der Waals surface area contributed by atoms with Crippen LogP contribution in [0.15, 0.2) is 18.2 Å². The Morgan fingerprint density at radius 1 is 1.31 bits per heavy atom. The lowest BCUT2D eigenvalue weighted by atomic mass is 10.1. The van der Waals surface area contributed by atoms with Gasteiger partial charge in [0.1, 0.15) is 17.7 Å². The number of carbonyl (C=O) groups is 1. The molecule has 0 aliphatic rings. The van der Waals surface area contributed by atoms with E-state index >= 15 is 0 Å². The van der Waals surface area contributed by atoms with Gasteiger partial charge in [0.15, 0.2) is 0 Å². The highest BCUT2D eigenvalue weighted by molar-refractivity contribution is 5.71. The summed E-state index contributed by atoms with van der Waals surface area (Å²) >= 11 is 0. The van der Waals surface area contributed by atoms with E-state index in [2.05, 4.69) is 0 Å². The summed E-state index contributed by atoms with van der Waals surface area (Å²) < 4.78 is 25.0. The van der Waals surface area contributed by atoms with E-state index in [1.165, 1.54) is 0 Å². The number of benzene rings is 1. The van der Waals surface area contributed by atoms with Gasteiger partial charge < -0.3 is 15.0 Å². The first-order valence-corrected chi connectivity index (χ1v) is 3.35. The van der Waals surface area contributed by atoms with Crippen molar-refractivity contribution in [3.05, 3.63) is 35.4 Å². The van der Waals surface area contributed by atoms with Crippen LogP contribution in [-0.2, 0) is 4.79 Å². The Morgan fingerprint density at radius 2 is 1.77 bits per heavy atom. The lowest BCUT2D eigenvalue weighted by Gasteiger charge is -2.11. The second kappa shape index (κ2) is 3.49. The molecule has 0 amide bonds. The van der Waals surface area contributed by atoms with Crippen LogP contribution in [0.25, 0.3) is 0 Å². The Kier molecular flexibility index (Phi) is 2.57. The van der Waals surface area contributed by atoms with Crippen LogP contribution in [0.2, 0.25) is 0 Å². The summed E-state index contributed by atoms with van der Waals surface area (Å²) in [5.41, 5.74) is -0.377. The molecule has 3 nitrogen and oxygen atoms in total. The molecule has 13 heavy (non-hydrogen) atoms. The lowest BCUT2D eigenvalue weighted by molar-refractivity contribution is -0.315. The molecule has 0 aromatic heterocycles. The van der Waals surface area contributed by atoms with Gasteiger partial charge in [0, 0.05) is 6.07 Å². The van der Waals surface area contributed by atoms with Crippen LogP contribution >= 0.6 is 0 Å². The van der Waals surface area contributed by atoms with Crippen molar-refractivity contribution < 1.29 is 23.8 Å². The Bertz CT molecular complexity index is 318. The number of carboxylic acids is 1. The van der Waals surface area contributed by atoms with Crippen molar-refractivity contribution in [2.24, 2.45) is 0 Å². The minimum atomic E-state index is -2.01. The number of aliphatic hydroxyl groups is 1. The van der Waals surface area contributed by atoms with Crippen molar-refractivity contribution in [3.8, 4) is 0 Å². The van der Waals surface area contributed by atoms with Crippen LogP contribution in [0, 0.1) is 11.6 Å². The Hall–Kier alpha value is -1.49. The summed E-state index contributed by atoms with van der Waals surface area (Å²) in [6.07, 6.45) is -2.01. The highest BCUT2D eigenvalue weighted by atomic mass is 19.1. The van der Waals surface area contributed by atoms with Crippen LogP contribution < -0.4 is 5.11 Å². The lowest BCUT2D eigenvalue weighted by Crippen LogP contribution is -2.29. The molecule has 1 rings (SSSR count). The molecule has 1 aromatic rings. The van der Waals surface area contributed by atoms with Gasteiger partial charge in [0.05, 0.1) is 5.97 Å². The Balaban J connectivity index is 3.07. The van der Waals surface area contributed by atoms with Gasteiger partial charge in [-0.2, -0.15) is 0 Å². The largest absolute Gasteiger partial charge is 0.547 e. The van der Waals surface area contributed by atoms with Gasteiger partial charge in [-0.25, -0.2) is 8.78 Å². The molecule has 0 heterocycles. The highest BCUT2D eigenvalue weighted by Gasteiger charge is 2.10. The zero-order valence-corrected chi connectivity index (χ0v) is 6.33. The molecule has 1 N–H and O–H groups in total. The molecule has 0 saturated heterocycles. The summed E-state index contributed by atoms with van der Waals surface area (Å²) in [4.78, 5) is 10.1. The SMILES string of the molecule is O=C([O-])C(O)c1cc(F)cc(F)c1. The fourth-order valence-corrected chi connectivity index (χ4v) is 0.869. The van der Waals surface area contributed by atoms with E-state index in [0.717, 1.165) is 12.1 Å². The first-order chi connectivity index (χ1) is 6.00. The molecule has 70 valence electrons. The molecule has 0 bridgehead atoms. The smallest absolute Gasteiger partial charge is 0.126 e. The average molecular weight is 187 g/mol. The fourth-order valence-electron chi connectivity index (χ4n) is 0.869. The third-order valence-electron chi connectivity index (χ3n) is 1.42. The first-order valence-electron chi connectivity index (χ1n) is 3.35. The molecule has 0 aliphatic carbocycles. The normalized spacial score (nSPS) is 12.5. The molecule has 0 radical (unpaired) electrons. The van der Waals surface area contributed by atoms with E-state index in [1.54, 1.807) is 0 Å². The number of carbonyl (C=O) groups excluding carboxylic acids is 1. The van der Waals surface area contributed by atoms with Crippen LogP contribution in [0.5, 0.6) is 0 Å². The van der Waals surface area contributed by atoms with E-state index in [4.69, 9.17) is 5.11 Å². The fraction of sp³-hybridized carbons (Fsp3) is 0.125. The number of rotatable bonds is 2. The zero-order valence-electron chi connectivity index (χ0n) is 6.33. The molecule has 0 fully saturated rings. The van der Waals surface area contributed by atoms with E-state index in [1.807, 2.05) is 0 Å². The standard InChI is InChI=1S/C8H6F2O3/c9-5-1-4(2-6(10)3-5)7(11)8(12)13/h1-3,7,11H,(H,12,13)/p-1. The monoisotopic (exact) mass is 187 g/mol. The molecular weight excluding hydrogens is 182 g/mol. The zero-order chi connectivity index (χ0) is 10.0. The molecule has 0 aliphatic heterocycles. The third-order valence-corrected chi connectivity index (χ3v) is 1.42. The maximum atomic E-state index is 12.5. The molecule has 1 unspecified atom stereocenters. The van der Waals surface area contributed by atoms with E-state index in [9.17, 15) is 18.7 Å². The number of hydrogen-bond donors (Lipinski definition) is 1. The van der Waals surface area contributed by atoms with E-state index in [0.29, 0.717) is 6.07 Å². The van der Waals surface area contributed by atoms with Crippen molar-refractivity contribution in [2.75, 3.05) is 0 Å². The minimum absolute atomic E-state index is 0.377. The molecular formula is C8H5F2O3-. The molecule has 0 saturated carbocycles. The second-order valence-electron chi connectivity index (χ2n) is 2.42. The van der Waals surface area contributed by atoms with E-state index < -0.39 is 23.7 Å². The van der Waals surface area contributed by atoms with Gasteiger partial charge >= 0.3 is 0 Å². The number of halogens is 2. The predicted octanol–water partition coefficient (Wildman–Crippen LogP) is -0.252. The van der Waals surface area contributed by atoms with Gasteiger partial charge in [-0.1, -0.05) is 0 Å². The number of carboxylic acid groups (broad SMARTS) is 1. The predicted molar refractivity (Wildman–Crippen MR) is 36.3 cm³/mol. The Morgan fingerprint density at radius 3 is 2.15 bits per heavy atom. The van der Waals surface area contributed by atoms with Crippen molar-refractivity contribution in [1.29, 1.82) is 0 Å². The Labute approximate surface area is 72.2 Å². The van der Waals surface area contributed by atoms with Crippen molar-refractivity contribution >= 4 is 5.97 Å². The summed E-state index contributed by atoms with van der Waals surface area (Å²) in [6.45, 7) is 0. The topological polar surface area (TPSA) is 60.4 Å². The average Bonchev–Trinajstić information content (AvgIpc) is 2.01. The number of aliphatic carboxylic acids is 1. The molecule has 0 spiro atoms. The van der Waals surface area contributed by atoms with Crippen LogP contribution in [-0.4, -0.2) is 11.1 Å². The summed E-state index contributed by atoms with van der Waals surface area (Å²) in [5, 5.41) is 19.0.